The van der Waals surface area contributed by atoms with Gasteiger partial charge in [-0.1, -0.05) is 18.2 Å². The Hall–Kier alpha value is -3.12. The van der Waals surface area contributed by atoms with E-state index in [2.05, 4.69) is 4.98 Å². The van der Waals surface area contributed by atoms with Crippen LogP contribution in [0.3, 0.4) is 0 Å². The molecule has 0 amide bonds. The highest BCUT2D eigenvalue weighted by Crippen LogP contribution is 2.32. The largest absolute Gasteiger partial charge is 0.236 e. The number of nitrogens with zero attached hydrogens (tertiary/aromatic N) is 1. The first-order valence-electron chi connectivity index (χ1n) is 8.94. The van der Waals surface area contributed by atoms with Gasteiger partial charge in [-0.05, 0) is 78.6 Å². The number of fused-ring (bicyclic) bond motifs is 1. The second-order valence-electron chi connectivity index (χ2n) is 6.93. The first kappa shape index (κ1) is 19.2. The van der Waals surface area contributed by atoms with E-state index in [1.165, 1.54) is 36.4 Å². The predicted molar refractivity (Wildman–Crippen MR) is 108 cm³/mol. The van der Waals surface area contributed by atoms with E-state index in [1.54, 1.807) is 30.3 Å². The number of hydrogen-bond acceptors (Lipinski definition) is 3. The number of halogens is 2. The van der Waals surface area contributed by atoms with Gasteiger partial charge in [0.2, 0.25) is 9.84 Å². The van der Waals surface area contributed by atoms with Crippen molar-refractivity contribution in [2.75, 3.05) is 0 Å². The molecule has 6 heteroatoms. The van der Waals surface area contributed by atoms with Crippen molar-refractivity contribution in [3.8, 4) is 11.1 Å². The molecule has 4 rings (SSSR count). The van der Waals surface area contributed by atoms with Crippen molar-refractivity contribution in [2.24, 2.45) is 0 Å². The summed E-state index contributed by atoms with van der Waals surface area (Å²) in [5, 5.41) is 0.398. The highest BCUT2D eigenvalue weighted by Gasteiger charge is 2.22. The molecule has 0 aliphatic carbocycles. The van der Waals surface area contributed by atoms with Gasteiger partial charge in [0, 0.05) is 11.5 Å². The zero-order chi connectivity index (χ0) is 20.8. The summed E-state index contributed by atoms with van der Waals surface area (Å²) in [7, 11) is -3.93. The highest BCUT2D eigenvalue weighted by atomic mass is 32.2. The van der Waals surface area contributed by atoms with Crippen LogP contribution in [-0.2, 0) is 9.84 Å². The Morgan fingerprint density at radius 2 is 1.45 bits per heavy atom. The second-order valence-corrected chi connectivity index (χ2v) is 8.82. The molecule has 0 saturated heterocycles. The molecule has 0 aliphatic rings. The topological polar surface area (TPSA) is 47.0 Å². The smallest absolute Gasteiger partial charge is 0.223 e. The van der Waals surface area contributed by atoms with Gasteiger partial charge in [0.05, 0.1) is 10.4 Å². The Morgan fingerprint density at radius 3 is 2.14 bits per heavy atom. The van der Waals surface area contributed by atoms with Crippen molar-refractivity contribution in [3.05, 3.63) is 89.5 Å². The lowest BCUT2D eigenvalue weighted by Crippen LogP contribution is -2.06. The van der Waals surface area contributed by atoms with Gasteiger partial charge in [-0.15, -0.1) is 0 Å². The minimum absolute atomic E-state index is 0.119. The molecule has 0 bridgehead atoms. The lowest BCUT2D eigenvalue weighted by Gasteiger charge is -2.12. The number of sulfone groups is 1. The third kappa shape index (κ3) is 3.51. The molecule has 0 aliphatic heterocycles. The molecule has 4 aromatic rings. The third-order valence-corrected chi connectivity index (χ3v) is 6.60. The molecule has 0 spiro atoms. The molecule has 3 aromatic carbocycles. The van der Waals surface area contributed by atoms with Gasteiger partial charge < -0.3 is 0 Å². The summed E-state index contributed by atoms with van der Waals surface area (Å²) in [6, 6.07) is 16.1. The summed E-state index contributed by atoms with van der Waals surface area (Å²) in [5.41, 5.74) is 3.19. The van der Waals surface area contributed by atoms with Crippen molar-refractivity contribution >= 4 is 20.7 Å². The quantitative estimate of drug-likeness (QED) is 0.441. The van der Waals surface area contributed by atoms with Crippen LogP contribution in [0.25, 0.3) is 22.0 Å². The number of hydrogen-bond donors (Lipinski definition) is 0. The number of aromatic nitrogens is 1. The summed E-state index contributed by atoms with van der Waals surface area (Å²) < 4.78 is 53.7. The molecule has 1 aromatic heterocycles. The lowest BCUT2D eigenvalue weighted by atomic mass is 10.0. The Morgan fingerprint density at radius 1 is 0.759 bits per heavy atom. The van der Waals surface area contributed by atoms with Crippen LogP contribution < -0.4 is 0 Å². The highest BCUT2D eigenvalue weighted by molar-refractivity contribution is 7.91. The monoisotopic (exact) mass is 409 g/mol. The summed E-state index contributed by atoms with van der Waals surface area (Å²) in [4.78, 5) is 4.36. The molecule has 3 nitrogen and oxygen atoms in total. The molecule has 29 heavy (non-hydrogen) atoms. The zero-order valence-electron chi connectivity index (χ0n) is 15.8. The van der Waals surface area contributed by atoms with Gasteiger partial charge in [0.15, 0.2) is 5.03 Å². The van der Waals surface area contributed by atoms with Crippen LogP contribution >= 0.6 is 0 Å². The Kier molecular flexibility index (Phi) is 4.67. The first-order valence-corrected chi connectivity index (χ1v) is 10.4. The van der Waals surface area contributed by atoms with Crippen molar-refractivity contribution in [2.45, 2.75) is 23.8 Å². The fourth-order valence-corrected chi connectivity index (χ4v) is 4.50. The van der Waals surface area contributed by atoms with E-state index in [0.717, 1.165) is 11.1 Å². The van der Waals surface area contributed by atoms with Crippen LogP contribution in [0.15, 0.2) is 76.7 Å². The minimum Gasteiger partial charge on any atom is -0.236 e. The molecule has 0 N–H and O–H groups in total. The average Bonchev–Trinajstić information content (AvgIpc) is 2.69. The fourth-order valence-electron chi connectivity index (χ4n) is 3.19. The molecule has 146 valence electrons. The molecule has 0 saturated carbocycles. The molecule has 0 unspecified atom stereocenters. The second kappa shape index (κ2) is 7.04. The Balaban J connectivity index is 2.00. The first-order chi connectivity index (χ1) is 13.8. The van der Waals surface area contributed by atoms with Gasteiger partial charge in [-0.25, -0.2) is 22.2 Å². The predicted octanol–water partition coefficient (Wildman–Crippen LogP) is 5.63. The molecular weight excluding hydrogens is 392 g/mol. The molecule has 0 atom stereocenters. The molecule has 0 fully saturated rings. The maximum absolute atomic E-state index is 13.8. The van der Waals surface area contributed by atoms with E-state index in [1.807, 2.05) is 13.8 Å². The third-order valence-electron chi connectivity index (χ3n) is 4.97. The van der Waals surface area contributed by atoms with E-state index in [9.17, 15) is 17.2 Å². The van der Waals surface area contributed by atoms with Crippen LogP contribution in [0.5, 0.6) is 0 Å². The SMILES string of the molecule is Cc1ccc(S(=O)(=O)c2cc(-c3ccc(F)cc3)c3ccc(F)cc3n2)cc1C. The zero-order valence-corrected chi connectivity index (χ0v) is 16.6. The van der Waals surface area contributed by atoms with Crippen molar-refractivity contribution in [1.82, 2.24) is 4.98 Å². The van der Waals surface area contributed by atoms with Crippen LogP contribution in [0, 0.1) is 25.5 Å². The molecule has 0 radical (unpaired) electrons. The number of benzene rings is 3. The molecule has 1 heterocycles. The van der Waals surface area contributed by atoms with Crippen molar-refractivity contribution in [1.29, 1.82) is 0 Å². The fraction of sp³-hybridized carbons (Fsp3) is 0.0870. The van der Waals surface area contributed by atoms with Gasteiger partial charge in [0.25, 0.3) is 0 Å². The van der Waals surface area contributed by atoms with Crippen LogP contribution in [0.1, 0.15) is 11.1 Å². The maximum Gasteiger partial charge on any atom is 0.223 e. The summed E-state index contributed by atoms with van der Waals surface area (Å²) in [6.45, 7) is 3.73. The van der Waals surface area contributed by atoms with Crippen molar-refractivity contribution < 1.29 is 17.2 Å². The van der Waals surface area contributed by atoms with Gasteiger partial charge >= 0.3 is 0 Å². The van der Waals surface area contributed by atoms with E-state index < -0.39 is 21.5 Å². The van der Waals surface area contributed by atoms with E-state index in [4.69, 9.17) is 0 Å². The van der Waals surface area contributed by atoms with Gasteiger partial charge in [-0.2, -0.15) is 0 Å². The normalized spacial score (nSPS) is 11.7. The minimum atomic E-state index is -3.93. The standard InChI is InChI=1S/C23H17F2NO2S/c1-14-3-9-19(11-15(14)2)29(27,28)23-13-21(16-4-6-17(24)7-5-16)20-10-8-18(25)12-22(20)26-23/h3-13H,1-2H3. The Bertz CT molecular complexity index is 1350. The average molecular weight is 409 g/mol. The maximum atomic E-state index is 13.8. The lowest BCUT2D eigenvalue weighted by molar-refractivity contribution is 0.592. The van der Waals surface area contributed by atoms with Crippen LogP contribution in [0.4, 0.5) is 8.78 Å². The number of pyridine rings is 1. The number of rotatable bonds is 3. The van der Waals surface area contributed by atoms with E-state index in [0.29, 0.717) is 16.5 Å². The van der Waals surface area contributed by atoms with E-state index in [-0.39, 0.29) is 15.4 Å². The van der Waals surface area contributed by atoms with Gasteiger partial charge in [-0.3, -0.25) is 0 Å². The number of aryl methyl sites for hydroxylation is 2. The summed E-state index contributed by atoms with van der Waals surface area (Å²) in [5.74, 6) is -0.920. The van der Waals surface area contributed by atoms with Crippen molar-refractivity contribution in [3.63, 3.8) is 0 Å². The summed E-state index contributed by atoms with van der Waals surface area (Å²) >= 11 is 0. The van der Waals surface area contributed by atoms with Gasteiger partial charge in [0.1, 0.15) is 11.6 Å². The van der Waals surface area contributed by atoms with Crippen LogP contribution in [0.2, 0.25) is 0 Å². The summed E-state index contributed by atoms with van der Waals surface area (Å²) in [6.07, 6.45) is 0. The van der Waals surface area contributed by atoms with E-state index >= 15 is 0 Å². The Labute approximate surface area is 167 Å². The molecular formula is C23H17F2NO2S. The van der Waals surface area contributed by atoms with Crippen LogP contribution in [-0.4, -0.2) is 13.4 Å².